The van der Waals surface area contributed by atoms with Gasteiger partial charge in [-0.3, -0.25) is 19.3 Å². The summed E-state index contributed by atoms with van der Waals surface area (Å²) in [6, 6.07) is 12.1. The molecule has 4 aliphatic heterocycles. The van der Waals surface area contributed by atoms with Gasteiger partial charge < -0.3 is 19.5 Å². The van der Waals surface area contributed by atoms with Gasteiger partial charge in [0.05, 0.1) is 36.4 Å². The first-order chi connectivity index (χ1) is 24.6. The van der Waals surface area contributed by atoms with E-state index in [0.29, 0.717) is 37.7 Å². The quantitative estimate of drug-likeness (QED) is 0.393. The third kappa shape index (κ3) is 8.06. The van der Waals surface area contributed by atoms with Crippen molar-refractivity contribution in [3.05, 3.63) is 70.3 Å². The Morgan fingerprint density at radius 3 is 2.73 bits per heavy atom. The van der Waals surface area contributed by atoms with Gasteiger partial charge in [-0.2, -0.15) is 0 Å². The van der Waals surface area contributed by atoms with Gasteiger partial charge in [0.15, 0.2) is 0 Å². The number of aryl methyl sites for hydroxylation is 1. The Kier molecular flexibility index (Phi) is 11.5. The second-order valence-electron chi connectivity index (χ2n) is 15.7. The number of hydrogen-bond acceptors (Lipinski definition) is 8. The molecule has 1 amide bonds. The number of morpholine rings is 1. The van der Waals surface area contributed by atoms with Crippen molar-refractivity contribution in [3.63, 3.8) is 0 Å². The first kappa shape index (κ1) is 36.9. The zero-order valence-corrected chi connectivity index (χ0v) is 32.0. The van der Waals surface area contributed by atoms with Crippen molar-refractivity contribution < 1.29 is 23.6 Å². The molecule has 8 unspecified atom stereocenters. The highest BCUT2D eigenvalue weighted by Gasteiger charge is 2.48. The lowest BCUT2D eigenvalue weighted by molar-refractivity contribution is -0.0902. The molecule has 5 aliphatic rings. The van der Waals surface area contributed by atoms with Crippen LogP contribution in [0, 0.1) is 17.8 Å². The van der Waals surface area contributed by atoms with Crippen LogP contribution in [0.15, 0.2) is 48.6 Å². The van der Waals surface area contributed by atoms with E-state index in [-0.39, 0.29) is 34.8 Å². The standard InChI is InChI=1S/C40H55ClN4O5S/c1-4-6-29-19-33(41)10-11-35(29)32-22-45-21-31-8-12-36(31)40(47,26-43-15-16-44-17-18-49-25-34(44)23-43)14-5-7-27(2)28(3)51(48)42-39(46)30-9-13-38(50-24-32)37(45)20-30/h5,9-11,13-14,19-20,27-28,31-32,34,36,47H,4,6-8,12,15-18,21-26H2,1-3H3,(H,42,46)/b14-5+. The van der Waals surface area contributed by atoms with E-state index < -0.39 is 16.6 Å². The molecule has 51 heavy (non-hydrogen) atoms. The van der Waals surface area contributed by atoms with Crippen LogP contribution in [0.1, 0.15) is 73.9 Å². The summed E-state index contributed by atoms with van der Waals surface area (Å²) in [7, 11) is -1.58. The Balaban J connectivity index is 1.23. The van der Waals surface area contributed by atoms with Gasteiger partial charge >= 0.3 is 0 Å². The Bertz CT molecular complexity index is 1630. The van der Waals surface area contributed by atoms with Gasteiger partial charge in [0, 0.05) is 68.4 Å². The van der Waals surface area contributed by atoms with E-state index in [1.54, 1.807) is 6.07 Å². The number of rotatable bonds is 5. The third-order valence-electron chi connectivity index (χ3n) is 12.3. The number of fused-ring (bicyclic) bond motifs is 3. The van der Waals surface area contributed by atoms with Gasteiger partial charge in [0.25, 0.3) is 5.91 Å². The average Bonchev–Trinajstić information content (AvgIpc) is 3.28. The molecular formula is C40H55ClN4O5S. The number of piperazine rings is 1. The maximum atomic E-state index is 13.5. The van der Waals surface area contributed by atoms with Gasteiger partial charge in [0.2, 0.25) is 0 Å². The summed E-state index contributed by atoms with van der Waals surface area (Å²) < 4.78 is 28.6. The number of anilines is 1. The molecule has 8 atom stereocenters. The molecule has 4 heterocycles. The fraction of sp³-hybridized carbons (Fsp3) is 0.625. The number of ether oxygens (including phenoxy) is 2. The topological polar surface area (TPSA) is 94.6 Å². The molecular weight excluding hydrogens is 684 g/mol. The predicted octanol–water partition coefficient (Wildman–Crippen LogP) is 5.43. The van der Waals surface area contributed by atoms with E-state index in [1.165, 1.54) is 11.1 Å². The van der Waals surface area contributed by atoms with Crippen LogP contribution >= 0.6 is 11.6 Å². The Morgan fingerprint density at radius 2 is 1.92 bits per heavy atom. The van der Waals surface area contributed by atoms with Crippen molar-refractivity contribution in [2.24, 2.45) is 17.8 Å². The van der Waals surface area contributed by atoms with E-state index in [2.05, 4.69) is 57.6 Å². The summed E-state index contributed by atoms with van der Waals surface area (Å²) in [6.07, 6.45) is 8.76. The summed E-state index contributed by atoms with van der Waals surface area (Å²) in [4.78, 5) is 20.9. The minimum absolute atomic E-state index is 0.0398. The monoisotopic (exact) mass is 738 g/mol. The van der Waals surface area contributed by atoms with E-state index >= 15 is 0 Å². The Hall–Kier alpha value is -2.47. The van der Waals surface area contributed by atoms with E-state index in [9.17, 15) is 14.1 Å². The summed E-state index contributed by atoms with van der Waals surface area (Å²) >= 11 is 6.48. The lowest BCUT2D eigenvalue weighted by Crippen LogP contribution is -2.62. The number of hydrogen-bond donors (Lipinski definition) is 2. The van der Waals surface area contributed by atoms with E-state index in [1.807, 2.05) is 25.1 Å². The number of allylic oxidation sites excluding steroid dienone is 1. The van der Waals surface area contributed by atoms with Crippen LogP contribution in [0.4, 0.5) is 5.69 Å². The molecule has 7 rings (SSSR count). The molecule has 2 aromatic rings. The lowest BCUT2D eigenvalue weighted by atomic mass is 9.64. The predicted molar refractivity (Wildman–Crippen MR) is 204 cm³/mol. The van der Waals surface area contributed by atoms with Crippen molar-refractivity contribution in [2.45, 2.75) is 75.7 Å². The summed E-state index contributed by atoms with van der Waals surface area (Å²) in [5, 5.41) is 13.3. The Morgan fingerprint density at radius 1 is 1.06 bits per heavy atom. The molecule has 0 aromatic heterocycles. The molecule has 3 fully saturated rings. The van der Waals surface area contributed by atoms with Crippen LogP contribution in [0.3, 0.4) is 0 Å². The zero-order chi connectivity index (χ0) is 35.7. The second-order valence-corrected chi connectivity index (χ2v) is 17.7. The fourth-order valence-corrected chi connectivity index (χ4v) is 10.1. The number of carbonyl (C=O) groups excluding carboxylic acids is 1. The largest absolute Gasteiger partial charge is 0.491 e. The summed E-state index contributed by atoms with van der Waals surface area (Å²) in [5.74, 6) is 0.843. The van der Waals surface area contributed by atoms with Crippen molar-refractivity contribution in [2.75, 3.05) is 70.5 Å². The highest BCUT2D eigenvalue weighted by molar-refractivity contribution is 7.84. The van der Waals surface area contributed by atoms with Crippen LogP contribution in [-0.2, 0) is 22.1 Å². The highest BCUT2D eigenvalue weighted by atomic mass is 35.5. The van der Waals surface area contributed by atoms with Crippen molar-refractivity contribution in [1.29, 1.82) is 0 Å². The molecule has 278 valence electrons. The minimum atomic E-state index is -1.58. The number of aliphatic hydroxyl groups is 1. The SMILES string of the molecule is CCCc1cc(Cl)ccc1C1COc2ccc3cc2N(C1)CC1CCC1C(O)(CN1CCN2CCOCC2C1)/C=C/CC(C)C(C)S(=O)NC3=O. The van der Waals surface area contributed by atoms with Crippen LogP contribution in [0.5, 0.6) is 5.75 Å². The normalized spacial score (nSPS) is 34.3. The molecule has 0 radical (unpaired) electrons. The maximum absolute atomic E-state index is 13.5. The molecule has 2 saturated heterocycles. The first-order valence-electron chi connectivity index (χ1n) is 19.1. The van der Waals surface area contributed by atoms with E-state index in [0.717, 1.165) is 88.1 Å². The number of nitrogens with zero attached hydrogens (tertiary/aromatic N) is 3. The van der Waals surface area contributed by atoms with Gasteiger partial charge in [-0.1, -0.05) is 50.1 Å². The van der Waals surface area contributed by atoms with Gasteiger partial charge in [-0.15, -0.1) is 0 Å². The number of carbonyl (C=O) groups is 1. The van der Waals surface area contributed by atoms with Crippen LogP contribution < -0.4 is 14.4 Å². The van der Waals surface area contributed by atoms with Gasteiger partial charge in [-0.25, -0.2) is 4.21 Å². The fourth-order valence-electron chi connectivity index (χ4n) is 8.92. The first-order valence-corrected chi connectivity index (χ1v) is 20.7. The lowest BCUT2D eigenvalue weighted by Gasteiger charge is -2.51. The molecule has 2 bridgehead atoms. The summed E-state index contributed by atoms with van der Waals surface area (Å²) in [6.45, 7) is 14.0. The van der Waals surface area contributed by atoms with Crippen LogP contribution in [-0.4, -0.2) is 108 Å². The molecule has 2 N–H and O–H groups in total. The molecule has 1 aliphatic carbocycles. The molecule has 9 nitrogen and oxygen atoms in total. The van der Waals surface area contributed by atoms with Gasteiger partial charge in [-0.05, 0) is 91.8 Å². The minimum Gasteiger partial charge on any atom is -0.491 e. The number of amides is 1. The summed E-state index contributed by atoms with van der Waals surface area (Å²) in [5.41, 5.74) is 2.81. The van der Waals surface area contributed by atoms with Crippen molar-refractivity contribution in [1.82, 2.24) is 14.5 Å². The molecule has 0 spiro atoms. The number of nitrogens with one attached hydrogen (secondary N) is 1. The maximum Gasteiger partial charge on any atom is 0.263 e. The van der Waals surface area contributed by atoms with Crippen LogP contribution in [0.25, 0.3) is 0 Å². The number of β-amino-alcohol motifs (C(OH)–C–C–N with tert-alkyl or cyclic N) is 1. The van der Waals surface area contributed by atoms with Gasteiger partial charge in [0.1, 0.15) is 16.7 Å². The van der Waals surface area contributed by atoms with Crippen molar-refractivity contribution in [3.8, 4) is 5.75 Å². The number of halogens is 1. The molecule has 11 heteroatoms. The molecule has 2 aromatic carbocycles. The number of benzene rings is 2. The smallest absolute Gasteiger partial charge is 0.263 e. The molecule has 1 saturated carbocycles. The van der Waals surface area contributed by atoms with E-state index in [4.69, 9.17) is 21.1 Å². The average molecular weight is 739 g/mol. The highest BCUT2D eigenvalue weighted by Crippen LogP contribution is 2.46. The van der Waals surface area contributed by atoms with Crippen molar-refractivity contribution >= 4 is 34.2 Å². The second kappa shape index (κ2) is 15.9. The zero-order valence-electron chi connectivity index (χ0n) is 30.4. The third-order valence-corrected chi connectivity index (χ3v) is 14.0. The Labute approximate surface area is 311 Å². The van der Waals surface area contributed by atoms with Crippen LogP contribution in [0.2, 0.25) is 5.02 Å².